The highest BCUT2D eigenvalue weighted by Gasteiger charge is 2.02. The van der Waals surface area contributed by atoms with E-state index >= 15 is 0 Å². The first-order chi connectivity index (χ1) is 6.93. The molecule has 3 rings (SSSR count). The van der Waals surface area contributed by atoms with Gasteiger partial charge in [-0.3, -0.25) is 4.40 Å². The maximum atomic E-state index is 4.38. The third-order valence-electron chi connectivity index (χ3n) is 1.94. The van der Waals surface area contributed by atoms with Crippen molar-refractivity contribution < 1.29 is 0 Å². The summed E-state index contributed by atoms with van der Waals surface area (Å²) in [7, 11) is 0. The molecule has 3 heterocycles. The number of fused-ring (bicyclic) bond motifs is 1. The van der Waals surface area contributed by atoms with Crippen LogP contribution in [0, 0.1) is 0 Å². The molecule has 0 saturated heterocycles. The number of hydrogen-bond donors (Lipinski definition) is 0. The van der Waals surface area contributed by atoms with Crippen LogP contribution in [0.1, 0.15) is 0 Å². The molecule has 0 atom stereocenters. The first-order valence-corrected chi connectivity index (χ1v) is 5.02. The fourth-order valence-electron chi connectivity index (χ4n) is 1.28. The smallest absolute Gasteiger partial charge is 0.255 e. The molecule has 68 valence electrons. The van der Waals surface area contributed by atoms with Crippen LogP contribution in [0.2, 0.25) is 0 Å². The summed E-state index contributed by atoms with van der Waals surface area (Å²) in [5.41, 5.74) is 0.945. The Hall–Kier alpha value is -1.75. The van der Waals surface area contributed by atoms with E-state index in [0.29, 0.717) is 5.78 Å². The topological polar surface area (TPSA) is 43.1 Å². The van der Waals surface area contributed by atoms with E-state index in [1.54, 1.807) is 22.1 Å². The lowest BCUT2D eigenvalue weighted by molar-refractivity contribution is 1.10. The van der Waals surface area contributed by atoms with Crippen LogP contribution in [-0.4, -0.2) is 19.6 Å². The minimum Gasteiger partial charge on any atom is -0.273 e. The zero-order valence-electron chi connectivity index (χ0n) is 7.16. The summed E-state index contributed by atoms with van der Waals surface area (Å²) in [6.07, 6.45) is 3.55. The standard InChI is InChI=1S/C9H6N4S/c1-2-8(14-5-1)7-3-4-13-6-10-12-9(13)11-7/h1-6H. The molecule has 14 heavy (non-hydrogen) atoms. The molecule has 0 unspecified atom stereocenters. The van der Waals surface area contributed by atoms with Gasteiger partial charge in [0, 0.05) is 6.20 Å². The molecule has 3 aromatic rings. The highest BCUT2D eigenvalue weighted by atomic mass is 32.1. The zero-order valence-corrected chi connectivity index (χ0v) is 7.98. The summed E-state index contributed by atoms with van der Waals surface area (Å²) in [4.78, 5) is 5.53. The van der Waals surface area contributed by atoms with Crippen molar-refractivity contribution in [3.63, 3.8) is 0 Å². The van der Waals surface area contributed by atoms with Gasteiger partial charge >= 0.3 is 0 Å². The minimum absolute atomic E-state index is 0.635. The molecule has 0 saturated carbocycles. The van der Waals surface area contributed by atoms with E-state index in [-0.39, 0.29) is 0 Å². The van der Waals surface area contributed by atoms with Gasteiger partial charge in [-0.15, -0.1) is 21.5 Å². The van der Waals surface area contributed by atoms with Gasteiger partial charge in [0.2, 0.25) is 0 Å². The summed E-state index contributed by atoms with van der Waals surface area (Å²) < 4.78 is 1.79. The molecule has 0 aliphatic heterocycles. The molecule has 0 spiro atoms. The normalized spacial score (nSPS) is 10.9. The molecule has 4 nitrogen and oxygen atoms in total. The van der Waals surface area contributed by atoms with Crippen LogP contribution >= 0.6 is 11.3 Å². The lowest BCUT2D eigenvalue weighted by Gasteiger charge is -1.95. The van der Waals surface area contributed by atoms with E-state index in [1.807, 2.05) is 29.8 Å². The molecule has 0 fully saturated rings. The number of nitrogens with zero attached hydrogens (tertiary/aromatic N) is 4. The second-order valence-electron chi connectivity index (χ2n) is 2.83. The predicted octanol–water partition coefficient (Wildman–Crippen LogP) is 1.85. The summed E-state index contributed by atoms with van der Waals surface area (Å²) in [6, 6.07) is 6.01. The van der Waals surface area contributed by atoms with E-state index in [4.69, 9.17) is 0 Å². The first-order valence-electron chi connectivity index (χ1n) is 4.14. The molecule has 0 radical (unpaired) electrons. The molecular weight excluding hydrogens is 196 g/mol. The average Bonchev–Trinajstić information content (AvgIpc) is 2.88. The number of hydrogen-bond acceptors (Lipinski definition) is 4. The van der Waals surface area contributed by atoms with E-state index in [0.717, 1.165) is 10.6 Å². The first kappa shape index (κ1) is 7.64. The monoisotopic (exact) mass is 202 g/mol. The molecule has 0 aromatic carbocycles. The molecule has 3 aromatic heterocycles. The van der Waals surface area contributed by atoms with Crippen LogP contribution in [0.25, 0.3) is 16.3 Å². The van der Waals surface area contributed by atoms with Crippen molar-refractivity contribution in [2.45, 2.75) is 0 Å². The predicted molar refractivity (Wildman–Crippen MR) is 54.1 cm³/mol. The molecule has 0 aliphatic carbocycles. The van der Waals surface area contributed by atoms with Crippen molar-refractivity contribution in [1.29, 1.82) is 0 Å². The molecule has 0 amide bonds. The van der Waals surface area contributed by atoms with Crippen molar-refractivity contribution in [2.24, 2.45) is 0 Å². The molecule has 5 heteroatoms. The number of rotatable bonds is 1. The highest BCUT2D eigenvalue weighted by molar-refractivity contribution is 7.13. The van der Waals surface area contributed by atoms with E-state index in [9.17, 15) is 0 Å². The maximum Gasteiger partial charge on any atom is 0.255 e. The Labute approximate surface area is 83.9 Å². The van der Waals surface area contributed by atoms with Gasteiger partial charge in [0.25, 0.3) is 5.78 Å². The van der Waals surface area contributed by atoms with Gasteiger partial charge < -0.3 is 0 Å². The van der Waals surface area contributed by atoms with Crippen LogP contribution in [0.3, 0.4) is 0 Å². The minimum atomic E-state index is 0.635. The van der Waals surface area contributed by atoms with Crippen molar-refractivity contribution in [2.75, 3.05) is 0 Å². The SMILES string of the molecule is c1csc(-c2ccn3cnnc3n2)c1. The lowest BCUT2D eigenvalue weighted by Crippen LogP contribution is -1.88. The summed E-state index contributed by atoms with van der Waals surface area (Å²) in [6.45, 7) is 0. The van der Waals surface area contributed by atoms with Gasteiger partial charge in [0.05, 0.1) is 10.6 Å². The van der Waals surface area contributed by atoms with Crippen molar-refractivity contribution in [1.82, 2.24) is 19.6 Å². The van der Waals surface area contributed by atoms with Crippen molar-refractivity contribution >= 4 is 17.1 Å². The Morgan fingerprint density at radius 2 is 2.29 bits per heavy atom. The van der Waals surface area contributed by atoms with Gasteiger partial charge in [-0.25, -0.2) is 4.98 Å². The van der Waals surface area contributed by atoms with Crippen LogP contribution < -0.4 is 0 Å². The van der Waals surface area contributed by atoms with Gasteiger partial charge in [-0.2, -0.15) is 0 Å². The Morgan fingerprint density at radius 1 is 1.29 bits per heavy atom. The fraction of sp³-hybridized carbons (Fsp3) is 0. The van der Waals surface area contributed by atoms with Gasteiger partial charge in [-0.05, 0) is 17.5 Å². The summed E-state index contributed by atoms with van der Waals surface area (Å²) in [5, 5.41) is 9.71. The Morgan fingerprint density at radius 3 is 3.14 bits per heavy atom. The van der Waals surface area contributed by atoms with Crippen LogP contribution in [0.5, 0.6) is 0 Å². The summed E-state index contributed by atoms with van der Waals surface area (Å²) in [5.74, 6) is 0.635. The average molecular weight is 202 g/mol. The lowest BCUT2D eigenvalue weighted by atomic mass is 10.3. The van der Waals surface area contributed by atoms with Crippen molar-refractivity contribution in [3.05, 3.63) is 36.1 Å². The van der Waals surface area contributed by atoms with E-state index in [1.165, 1.54) is 0 Å². The van der Waals surface area contributed by atoms with Crippen LogP contribution in [0.4, 0.5) is 0 Å². The molecule has 0 N–H and O–H groups in total. The largest absolute Gasteiger partial charge is 0.273 e. The Balaban J connectivity index is 2.23. The fourth-order valence-corrected chi connectivity index (χ4v) is 1.97. The maximum absolute atomic E-state index is 4.38. The van der Waals surface area contributed by atoms with E-state index < -0.39 is 0 Å². The molecular formula is C9H6N4S. The number of thiophene rings is 1. The van der Waals surface area contributed by atoms with Crippen LogP contribution in [0.15, 0.2) is 36.1 Å². The van der Waals surface area contributed by atoms with Gasteiger partial charge in [-0.1, -0.05) is 6.07 Å². The molecule has 0 bridgehead atoms. The second-order valence-corrected chi connectivity index (χ2v) is 3.78. The quantitative estimate of drug-likeness (QED) is 0.604. The van der Waals surface area contributed by atoms with Crippen molar-refractivity contribution in [3.8, 4) is 10.6 Å². The molecule has 0 aliphatic rings. The Kier molecular flexibility index (Phi) is 1.57. The third kappa shape index (κ3) is 1.10. The van der Waals surface area contributed by atoms with Gasteiger partial charge in [0.1, 0.15) is 6.33 Å². The zero-order chi connectivity index (χ0) is 9.38. The number of aromatic nitrogens is 4. The van der Waals surface area contributed by atoms with Gasteiger partial charge in [0.15, 0.2) is 0 Å². The third-order valence-corrected chi connectivity index (χ3v) is 2.83. The highest BCUT2D eigenvalue weighted by Crippen LogP contribution is 2.22. The Bertz CT molecular complexity index is 555. The van der Waals surface area contributed by atoms with E-state index in [2.05, 4.69) is 15.2 Å². The summed E-state index contributed by atoms with van der Waals surface area (Å²) >= 11 is 1.67. The second kappa shape index (κ2) is 2.88. The van der Waals surface area contributed by atoms with Crippen LogP contribution in [-0.2, 0) is 0 Å².